The molecule has 10 atom stereocenters. The highest BCUT2D eigenvalue weighted by Gasteiger charge is 2.50. The minimum Gasteiger partial charge on any atom is -0.507 e. The maximum Gasteiger partial charge on any atom is 0.402 e. The maximum atomic E-state index is 11.9. The lowest BCUT2D eigenvalue weighted by molar-refractivity contribution is -0.319. The number of benzene rings is 2. The van der Waals surface area contributed by atoms with Gasteiger partial charge in [0.15, 0.2) is 35.7 Å². The van der Waals surface area contributed by atoms with E-state index in [9.17, 15) is 55.9 Å². The summed E-state index contributed by atoms with van der Waals surface area (Å²) in [4.78, 5) is 11.9. The zero-order chi connectivity index (χ0) is 33.6. The van der Waals surface area contributed by atoms with Crippen molar-refractivity contribution in [1.29, 1.82) is 0 Å². The van der Waals surface area contributed by atoms with Gasteiger partial charge in [-0.3, -0.25) is 4.79 Å². The molecule has 17 nitrogen and oxygen atoms in total. The van der Waals surface area contributed by atoms with Crippen LogP contribution in [0.1, 0.15) is 13.8 Å². The molecule has 10 N–H and O–H groups in total. The van der Waals surface area contributed by atoms with Crippen molar-refractivity contribution < 1.29 is 84.0 Å². The molecule has 3 aromatic rings. The molecular formula is C29H33O17+. The van der Waals surface area contributed by atoms with Gasteiger partial charge in [-0.05, 0) is 6.92 Å². The van der Waals surface area contributed by atoms with Gasteiger partial charge in [0.05, 0.1) is 24.3 Å². The third-order valence-corrected chi connectivity index (χ3v) is 7.57. The molecule has 0 amide bonds. The molecule has 2 aliphatic rings. The van der Waals surface area contributed by atoms with Crippen LogP contribution in [-0.4, -0.2) is 125 Å². The number of fused-ring (bicyclic) bond motifs is 1. The van der Waals surface area contributed by atoms with Crippen molar-refractivity contribution in [3.8, 4) is 45.8 Å². The Balaban J connectivity index is 1.50. The molecule has 0 bridgehead atoms. The molecule has 1 aromatic heterocycles. The van der Waals surface area contributed by atoms with E-state index >= 15 is 0 Å². The monoisotopic (exact) mass is 653 g/mol. The van der Waals surface area contributed by atoms with E-state index in [1.54, 1.807) is 0 Å². The van der Waals surface area contributed by atoms with Crippen LogP contribution in [0.15, 0.2) is 34.7 Å². The Morgan fingerprint density at radius 2 is 1.48 bits per heavy atom. The van der Waals surface area contributed by atoms with Crippen LogP contribution in [0.25, 0.3) is 22.3 Å². The van der Waals surface area contributed by atoms with Gasteiger partial charge in [0.2, 0.25) is 12.0 Å². The summed E-state index contributed by atoms with van der Waals surface area (Å²) in [6.45, 7) is 1.87. The van der Waals surface area contributed by atoms with Gasteiger partial charge in [-0.2, -0.15) is 0 Å². The lowest BCUT2D eigenvalue weighted by atomic mass is 9.98. The van der Waals surface area contributed by atoms with Crippen LogP contribution >= 0.6 is 0 Å². The average molecular weight is 654 g/mol. The van der Waals surface area contributed by atoms with E-state index in [1.807, 2.05) is 0 Å². The standard InChI is InChI=1S/C29H32O17/c1-9-20(35)23(38)24(39)28(42-9)41-8-19-22(37)27(43-10(2)30)25(40)29(46-19)45-18-7-13-14(32)5-12(31)6-17(13)44-26(18)11-3-15(33)21(36)16(34)4-11/h3-7,9,19-20,22-25,27-29,35,37-40H,8H2,1-2H3,(H4-,31,32,33,34,36)/p+1/t9-,19+,20-,22+,23+,24+,25+,27-,28+,29+/m0/s1. The molecule has 46 heavy (non-hydrogen) atoms. The lowest BCUT2D eigenvalue weighted by Crippen LogP contribution is -2.62. The smallest absolute Gasteiger partial charge is 0.402 e. The van der Waals surface area contributed by atoms with Crippen molar-refractivity contribution >= 4 is 16.9 Å². The number of carbonyl (C=O) groups excluding carboxylic acids is 1. The highest BCUT2D eigenvalue weighted by molar-refractivity contribution is 5.88. The number of aromatic hydroxyl groups is 5. The highest BCUT2D eigenvalue weighted by Crippen LogP contribution is 2.45. The van der Waals surface area contributed by atoms with Crippen LogP contribution in [0.2, 0.25) is 0 Å². The third kappa shape index (κ3) is 6.39. The predicted molar refractivity (Wildman–Crippen MR) is 150 cm³/mol. The van der Waals surface area contributed by atoms with E-state index in [4.69, 9.17) is 28.1 Å². The van der Waals surface area contributed by atoms with Crippen LogP contribution in [0.5, 0.6) is 34.5 Å². The van der Waals surface area contributed by atoms with Crippen LogP contribution in [-0.2, 0) is 23.7 Å². The zero-order valence-electron chi connectivity index (χ0n) is 24.2. The number of phenols is 5. The number of hydrogen-bond acceptors (Lipinski definition) is 16. The first-order valence-electron chi connectivity index (χ1n) is 13.9. The van der Waals surface area contributed by atoms with Gasteiger partial charge in [-0.1, -0.05) is 0 Å². The summed E-state index contributed by atoms with van der Waals surface area (Å²) < 4.78 is 33.6. The second kappa shape index (κ2) is 12.9. The molecule has 2 aromatic carbocycles. The Hall–Kier alpha value is -4.20. The molecule has 2 saturated heterocycles. The van der Waals surface area contributed by atoms with Gasteiger partial charge in [0.25, 0.3) is 0 Å². The van der Waals surface area contributed by atoms with Gasteiger partial charge in [0.1, 0.15) is 47.4 Å². The molecule has 2 aliphatic heterocycles. The minimum absolute atomic E-state index is 0.0103. The molecular weight excluding hydrogens is 620 g/mol. The second-order valence-electron chi connectivity index (χ2n) is 10.9. The van der Waals surface area contributed by atoms with E-state index in [2.05, 4.69) is 0 Å². The van der Waals surface area contributed by atoms with E-state index in [-0.39, 0.29) is 33.8 Å². The second-order valence-corrected chi connectivity index (χ2v) is 10.9. The first-order valence-corrected chi connectivity index (χ1v) is 13.9. The number of phenolic OH excluding ortho intramolecular Hbond substituents is 5. The topological polar surface area (TPSA) is 277 Å². The van der Waals surface area contributed by atoms with Gasteiger partial charge in [-0.15, -0.1) is 0 Å². The van der Waals surface area contributed by atoms with Gasteiger partial charge < -0.3 is 74.7 Å². The predicted octanol–water partition coefficient (Wildman–Crippen LogP) is -0.490. The lowest BCUT2D eigenvalue weighted by Gasteiger charge is -2.43. The Bertz CT molecular complexity index is 1570. The van der Waals surface area contributed by atoms with Gasteiger partial charge >= 0.3 is 17.3 Å². The number of aliphatic hydroxyl groups is 5. The fourth-order valence-corrected chi connectivity index (χ4v) is 5.14. The summed E-state index contributed by atoms with van der Waals surface area (Å²) >= 11 is 0. The van der Waals surface area contributed by atoms with E-state index in [0.717, 1.165) is 31.2 Å². The van der Waals surface area contributed by atoms with Gasteiger partial charge in [0, 0.05) is 31.2 Å². The van der Waals surface area contributed by atoms with Crippen molar-refractivity contribution in [3.05, 3.63) is 30.3 Å². The van der Waals surface area contributed by atoms with Crippen LogP contribution in [0.4, 0.5) is 0 Å². The van der Waals surface area contributed by atoms with Gasteiger partial charge in [-0.25, -0.2) is 4.42 Å². The molecule has 0 radical (unpaired) electrons. The maximum absolute atomic E-state index is 11.9. The molecule has 5 rings (SSSR count). The number of aliphatic hydroxyl groups excluding tert-OH is 5. The number of ether oxygens (including phenoxy) is 5. The summed E-state index contributed by atoms with van der Waals surface area (Å²) in [6.07, 6.45) is -15.6. The summed E-state index contributed by atoms with van der Waals surface area (Å²) in [7, 11) is 0. The van der Waals surface area contributed by atoms with Crippen molar-refractivity contribution in [3.63, 3.8) is 0 Å². The van der Waals surface area contributed by atoms with Crippen molar-refractivity contribution in [2.45, 2.75) is 75.3 Å². The fourth-order valence-electron chi connectivity index (χ4n) is 5.14. The SMILES string of the molecule is CC(=O)O[C@@H]1[C@@H](O)[C@H](Oc2cc3c(O)cc(O)cc3[o+]c2-c2cc(O)c(O)c(O)c2)O[C@H](CO[C@@H]2O[C@@H](C)[C@H](O)[C@@H](O)[C@H]2O)[C@H]1O. The fraction of sp³-hybridized carbons (Fsp3) is 0.448. The number of esters is 1. The number of rotatable bonds is 7. The molecule has 250 valence electrons. The van der Waals surface area contributed by atoms with E-state index in [1.165, 1.54) is 13.0 Å². The first-order chi connectivity index (χ1) is 21.7. The quantitative estimate of drug-likeness (QED) is 0.0875. The normalized spacial score (nSPS) is 31.5. The average Bonchev–Trinajstić information content (AvgIpc) is 2.99. The summed E-state index contributed by atoms with van der Waals surface area (Å²) in [5.41, 5.74) is -0.184. The van der Waals surface area contributed by atoms with E-state index in [0.29, 0.717) is 0 Å². The van der Waals surface area contributed by atoms with Crippen LogP contribution in [0.3, 0.4) is 0 Å². The molecule has 0 spiro atoms. The Labute approximate surface area is 259 Å². The van der Waals surface area contributed by atoms with Crippen molar-refractivity contribution in [2.24, 2.45) is 0 Å². The number of carbonyl (C=O) groups is 1. The third-order valence-electron chi connectivity index (χ3n) is 7.57. The molecule has 17 heteroatoms. The van der Waals surface area contributed by atoms with Crippen LogP contribution < -0.4 is 4.74 Å². The van der Waals surface area contributed by atoms with E-state index < -0.39 is 97.0 Å². The molecule has 2 fully saturated rings. The molecule has 0 unspecified atom stereocenters. The zero-order valence-corrected chi connectivity index (χ0v) is 24.2. The molecule has 3 heterocycles. The van der Waals surface area contributed by atoms with Crippen LogP contribution in [0, 0.1) is 0 Å². The largest absolute Gasteiger partial charge is 0.507 e. The Kier molecular flexibility index (Phi) is 9.30. The molecule has 0 aliphatic carbocycles. The summed E-state index contributed by atoms with van der Waals surface area (Å²) in [5.74, 6) is -4.64. The summed E-state index contributed by atoms with van der Waals surface area (Å²) in [5, 5.41) is 103. The highest BCUT2D eigenvalue weighted by atomic mass is 16.7. The van der Waals surface area contributed by atoms with Crippen molar-refractivity contribution in [1.82, 2.24) is 0 Å². The van der Waals surface area contributed by atoms with Crippen molar-refractivity contribution in [2.75, 3.05) is 6.61 Å². The number of hydrogen-bond donors (Lipinski definition) is 10. The molecule has 0 saturated carbocycles. The first kappa shape index (κ1) is 33.2. The Morgan fingerprint density at radius 3 is 2.13 bits per heavy atom. The summed E-state index contributed by atoms with van der Waals surface area (Å²) in [6, 6.07) is 5.35. The minimum atomic E-state index is -1.87. The Morgan fingerprint density at radius 1 is 0.804 bits per heavy atom.